The highest BCUT2D eigenvalue weighted by Crippen LogP contribution is 2.35. The molecule has 0 radical (unpaired) electrons. The average molecular weight is 243 g/mol. The first kappa shape index (κ1) is 12.0. The zero-order chi connectivity index (χ0) is 12.5. The Labute approximate surface area is 96.8 Å². The molecule has 94 valence electrons. The number of hydrogen-bond donors (Lipinski definition) is 2. The van der Waals surface area contributed by atoms with E-state index in [1.54, 1.807) is 0 Å². The van der Waals surface area contributed by atoms with Crippen molar-refractivity contribution in [1.29, 1.82) is 0 Å². The number of aliphatic hydroxyl groups excluding tert-OH is 1. The van der Waals surface area contributed by atoms with E-state index in [0.29, 0.717) is 12.8 Å². The average Bonchev–Trinajstić information content (AvgIpc) is 2.74. The van der Waals surface area contributed by atoms with Gasteiger partial charge in [0.15, 0.2) is 0 Å². The van der Waals surface area contributed by atoms with Gasteiger partial charge in [-0.2, -0.15) is 4.98 Å². The van der Waals surface area contributed by atoms with E-state index >= 15 is 0 Å². The number of aliphatic hydroxyl groups is 1. The second kappa shape index (κ2) is 4.42. The van der Waals surface area contributed by atoms with Crippen LogP contribution in [0.2, 0.25) is 0 Å². The Balaban J connectivity index is 2.23. The molecule has 1 aliphatic rings. The van der Waals surface area contributed by atoms with Gasteiger partial charge in [0, 0.05) is 6.20 Å². The predicted octanol–water partition coefficient (Wildman–Crippen LogP) is -0.165. The van der Waals surface area contributed by atoms with Gasteiger partial charge < -0.3 is 15.6 Å². The number of anilines is 1. The molecule has 17 heavy (non-hydrogen) atoms. The maximum Gasteiger partial charge on any atom is 0.351 e. The van der Waals surface area contributed by atoms with E-state index in [1.807, 2.05) is 0 Å². The Morgan fingerprint density at radius 1 is 1.76 bits per heavy atom. The molecule has 1 aromatic heterocycles. The number of ether oxygens (including phenoxy) is 1. The van der Waals surface area contributed by atoms with Crippen molar-refractivity contribution in [1.82, 2.24) is 9.55 Å². The van der Waals surface area contributed by atoms with Gasteiger partial charge >= 0.3 is 5.69 Å². The fourth-order valence-corrected chi connectivity index (χ4v) is 1.89. The van der Waals surface area contributed by atoms with Crippen LogP contribution < -0.4 is 11.4 Å². The Hall–Kier alpha value is -1.47. The van der Waals surface area contributed by atoms with Gasteiger partial charge in [-0.3, -0.25) is 4.57 Å². The lowest BCUT2D eigenvalue weighted by Gasteiger charge is -2.24. The summed E-state index contributed by atoms with van der Waals surface area (Å²) >= 11 is 0. The summed E-state index contributed by atoms with van der Waals surface area (Å²) in [5.41, 5.74) is 3.64. The zero-order valence-corrected chi connectivity index (χ0v) is 9.17. The Bertz CT molecular complexity index is 458. The lowest BCUT2D eigenvalue weighted by atomic mass is 10.0. The molecule has 0 amide bonds. The van der Waals surface area contributed by atoms with Crippen LogP contribution in [0.3, 0.4) is 0 Å². The van der Waals surface area contributed by atoms with Crippen LogP contribution in [-0.4, -0.2) is 33.5 Å². The molecule has 2 heterocycles. The minimum atomic E-state index is -1.19. The summed E-state index contributed by atoms with van der Waals surface area (Å²) in [6.45, 7) is -1.19. The highest BCUT2D eigenvalue weighted by molar-refractivity contribution is 5.23. The van der Waals surface area contributed by atoms with Crippen LogP contribution in [0, 0.1) is 0 Å². The van der Waals surface area contributed by atoms with Crippen LogP contribution in [0.1, 0.15) is 19.1 Å². The highest BCUT2D eigenvalue weighted by Gasteiger charge is 2.41. The number of hydrogen-bond acceptors (Lipinski definition) is 5. The van der Waals surface area contributed by atoms with E-state index in [0.717, 1.165) is 0 Å². The van der Waals surface area contributed by atoms with Crippen molar-refractivity contribution in [2.24, 2.45) is 0 Å². The smallest absolute Gasteiger partial charge is 0.351 e. The van der Waals surface area contributed by atoms with Gasteiger partial charge in [-0.15, -0.1) is 0 Å². The number of nitrogen functional groups attached to an aromatic ring is 1. The third-order valence-electron chi connectivity index (χ3n) is 2.93. The number of aromatic nitrogens is 2. The van der Waals surface area contributed by atoms with E-state index in [4.69, 9.17) is 15.6 Å². The van der Waals surface area contributed by atoms with Gasteiger partial charge in [-0.05, 0) is 18.9 Å². The molecule has 0 unspecified atom stereocenters. The maximum atomic E-state index is 12.8. The van der Waals surface area contributed by atoms with Crippen molar-refractivity contribution >= 4 is 5.82 Å². The van der Waals surface area contributed by atoms with E-state index in [9.17, 15) is 9.18 Å². The molecular weight excluding hydrogens is 229 g/mol. The van der Waals surface area contributed by atoms with Crippen molar-refractivity contribution in [3.8, 4) is 0 Å². The quantitative estimate of drug-likeness (QED) is 0.769. The molecule has 1 aromatic rings. The Morgan fingerprint density at radius 3 is 3.06 bits per heavy atom. The lowest BCUT2D eigenvalue weighted by molar-refractivity contribution is -0.109. The first-order valence-corrected chi connectivity index (χ1v) is 5.29. The lowest BCUT2D eigenvalue weighted by Crippen LogP contribution is -2.37. The van der Waals surface area contributed by atoms with Gasteiger partial charge in [-0.25, -0.2) is 9.18 Å². The number of halogens is 1. The summed E-state index contributed by atoms with van der Waals surface area (Å²) in [5, 5.41) is 9.11. The molecular formula is C10H14FN3O3. The third-order valence-corrected chi connectivity index (χ3v) is 2.93. The van der Waals surface area contributed by atoms with Crippen LogP contribution in [-0.2, 0) is 4.74 Å². The summed E-state index contributed by atoms with van der Waals surface area (Å²) in [7, 11) is 0. The summed E-state index contributed by atoms with van der Waals surface area (Å²) in [5.74, 6) is 0.128. The van der Waals surface area contributed by atoms with Gasteiger partial charge in [0.1, 0.15) is 24.3 Å². The minimum absolute atomic E-state index is 0.128. The SMILES string of the molecule is Nc1ccn([C@H]2CC[C@](CO)(CF)O2)c(=O)n1. The predicted molar refractivity (Wildman–Crippen MR) is 58.1 cm³/mol. The molecule has 0 bridgehead atoms. The fraction of sp³-hybridized carbons (Fsp3) is 0.600. The fourth-order valence-electron chi connectivity index (χ4n) is 1.89. The largest absolute Gasteiger partial charge is 0.393 e. The standard InChI is InChI=1S/C10H14FN3O3/c11-5-10(6-15)3-1-8(17-10)14-4-2-7(12)13-9(14)16/h2,4,8,15H,1,3,5-6H2,(H2,12,13,16)/t8-,10-/m1/s1. The van der Waals surface area contributed by atoms with Gasteiger partial charge in [0.2, 0.25) is 0 Å². The molecule has 7 heteroatoms. The Kier molecular flexibility index (Phi) is 3.12. The molecule has 2 rings (SSSR count). The van der Waals surface area contributed by atoms with Crippen LogP contribution in [0.4, 0.5) is 10.2 Å². The first-order chi connectivity index (χ1) is 8.10. The molecule has 0 aromatic carbocycles. The summed E-state index contributed by atoms with van der Waals surface area (Å²) in [4.78, 5) is 15.1. The van der Waals surface area contributed by atoms with Crippen molar-refractivity contribution in [3.05, 3.63) is 22.7 Å². The van der Waals surface area contributed by atoms with E-state index in [1.165, 1.54) is 16.8 Å². The molecule has 0 saturated carbocycles. The highest BCUT2D eigenvalue weighted by atomic mass is 19.1. The number of nitrogens with zero attached hydrogens (tertiary/aromatic N) is 2. The van der Waals surface area contributed by atoms with E-state index in [2.05, 4.69) is 4.98 Å². The Morgan fingerprint density at radius 2 is 2.53 bits per heavy atom. The number of rotatable bonds is 3. The van der Waals surface area contributed by atoms with E-state index in [-0.39, 0.29) is 5.82 Å². The molecule has 2 atom stereocenters. The normalized spacial score (nSPS) is 28.5. The van der Waals surface area contributed by atoms with Crippen molar-refractivity contribution in [2.45, 2.75) is 24.7 Å². The topological polar surface area (TPSA) is 90.4 Å². The minimum Gasteiger partial charge on any atom is -0.393 e. The van der Waals surface area contributed by atoms with Crippen LogP contribution in [0.15, 0.2) is 17.1 Å². The summed E-state index contributed by atoms with van der Waals surface area (Å²) in [6.07, 6.45) is 1.68. The number of alkyl halides is 1. The second-order valence-corrected chi connectivity index (χ2v) is 4.13. The maximum absolute atomic E-state index is 12.8. The van der Waals surface area contributed by atoms with Crippen LogP contribution in [0.5, 0.6) is 0 Å². The summed E-state index contributed by atoms with van der Waals surface area (Å²) in [6, 6.07) is 1.47. The van der Waals surface area contributed by atoms with Crippen molar-refractivity contribution < 1.29 is 14.2 Å². The van der Waals surface area contributed by atoms with Crippen LogP contribution in [0.25, 0.3) is 0 Å². The molecule has 0 spiro atoms. The molecule has 3 N–H and O–H groups in total. The van der Waals surface area contributed by atoms with Gasteiger partial charge in [0.25, 0.3) is 0 Å². The monoisotopic (exact) mass is 243 g/mol. The third kappa shape index (κ3) is 2.16. The van der Waals surface area contributed by atoms with E-state index < -0.39 is 30.8 Å². The van der Waals surface area contributed by atoms with Gasteiger partial charge in [-0.1, -0.05) is 0 Å². The second-order valence-electron chi connectivity index (χ2n) is 4.13. The zero-order valence-electron chi connectivity index (χ0n) is 9.17. The molecule has 6 nitrogen and oxygen atoms in total. The van der Waals surface area contributed by atoms with Crippen molar-refractivity contribution in [3.63, 3.8) is 0 Å². The summed E-state index contributed by atoms with van der Waals surface area (Å²) < 4.78 is 19.5. The molecule has 1 saturated heterocycles. The molecule has 1 aliphatic heterocycles. The number of nitrogens with two attached hydrogens (primary N) is 1. The van der Waals surface area contributed by atoms with Crippen molar-refractivity contribution in [2.75, 3.05) is 19.0 Å². The molecule has 0 aliphatic carbocycles. The molecule has 1 fully saturated rings. The van der Waals surface area contributed by atoms with Gasteiger partial charge in [0.05, 0.1) is 6.61 Å². The van der Waals surface area contributed by atoms with Crippen LogP contribution >= 0.6 is 0 Å². The first-order valence-electron chi connectivity index (χ1n) is 5.29.